The van der Waals surface area contributed by atoms with Gasteiger partial charge in [-0.1, -0.05) is 43.0 Å². The lowest BCUT2D eigenvalue weighted by atomic mass is 10.2. The maximum absolute atomic E-state index is 8.82. The van der Waals surface area contributed by atoms with Crippen LogP contribution in [0.3, 0.4) is 0 Å². The van der Waals surface area contributed by atoms with Crippen molar-refractivity contribution in [2.24, 2.45) is 0 Å². The first-order chi connectivity index (χ1) is 9.27. The normalized spacial score (nSPS) is 10.8. The number of allylic oxidation sites excluding steroid dienone is 2. The lowest BCUT2D eigenvalue weighted by Gasteiger charge is -2.08. The van der Waals surface area contributed by atoms with Crippen LogP contribution in [0.4, 0.5) is 0 Å². The highest BCUT2D eigenvalue weighted by atomic mass is 16.5. The summed E-state index contributed by atoms with van der Waals surface area (Å²) in [6, 6.07) is 12.2. The number of rotatable bonds is 8. The van der Waals surface area contributed by atoms with Crippen LogP contribution in [-0.2, 0) is 11.3 Å². The molecule has 19 heavy (non-hydrogen) atoms. The molecule has 1 rings (SSSR count). The Hall–Kier alpha value is -2.05. The van der Waals surface area contributed by atoms with E-state index in [4.69, 9.17) is 10.00 Å². The van der Waals surface area contributed by atoms with Crippen LogP contribution in [0.15, 0.2) is 54.3 Å². The van der Waals surface area contributed by atoms with Gasteiger partial charge in [0.15, 0.2) is 0 Å². The van der Waals surface area contributed by atoms with Gasteiger partial charge in [-0.3, -0.25) is 0 Å². The molecule has 100 valence electrons. The molecule has 0 amide bonds. The number of hydrogen-bond donors (Lipinski definition) is 1. The Morgan fingerprint density at radius 1 is 1.42 bits per heavy atom. The SMILES string of the molecule is C=C(NCCCOCc1ccccc1)/C(C#N)=C\C. The quantitative estimate of drug-likeness (QED) is 0.441. The molecule has 0 fully saturated rings. The van der Waals surface area contributed by atoms with Gasteiger partial charge in [0.25, 0.3) is 0 Å². The summed E-state index contributed by atoms with van der Waals surface area (Å²) in [7, 11) is 0. The predicted molar refractivity (Wildman–Crippen MR) is 77.2 cm³/mol. The largest absolute Gasteiger partial charge is 0.384 e. The van der Waals surface area contributed by atoms with Crippen molar-refractivity contribution in [2.75, 3.05) is 13.2 Å². The lowest BCUT2D eigenvalue weighted by molar-refractivity contribution is 0.119. The fourth-order valence-electron chi connectivity index (χ4n) is 1.58. The smallest absolute Gasteiger partial charge is 0.101 e. The zero-order valence-corrected chi connectivity index (χ0v) is 11.4. The summed E-state index contributed by atoms with van der Waals surface area (Å²) in [5.74, 6) is 0. The van der Waals surface area contributed by atoms with E-state index >= 15 is 0 Å². The third-order valence-corrected chi connectivity index (χ3v) is 2.65. The van der Waals surface area contributed by atoms with Crippen molar-refractivity contribution in [3.8, 4) is 6.07 Å². The number of hydrogen-bond acceptors (Lipinski definition) is 3. The summed E-state index contributed by atoms with van der Waals surface area (Å²) in [6.45, 7) is 7.73. The minimum Gasteiger partial charge on any atom is -0.384 e. The van der Waals surface area contributed by atoms with E-state index in [9.17, 15) is 0 Å². The molecule has 0 atom stereocenters. The first-order valence-electron chi connectivity index (χ1n) is 6.39. The molecule has 0 radical (unpaired) electrons. The van der Waals surface area contributed by atoms with Crippen LogP contribution in [0.5, 0.6) is 0 Å². The van der Waals surface area contributed by atoms with E-state index in [-0.39, 0.29) is 0 Å². The van der Waals surface area contributed by atoms with Gasteiger partial charge in [0, 0.05) is 18.8 Å². The van der Waals surface area contributed by atoms with E-state index in [1.165, 1.54) is 5.56 Å². The molecule has 0 heterocycles. The molecule has 0 bridgehead atoms. The Bertz CT molecular complexity index is 457. The maximum atomic E-state index is 8.82. The van der Waals surface area contributed by atoms with Gasteiger partial charge in [-0.15, -0.1) is 0 Å². The highest BCUT2D eigenvalue weighted by molar-refractivity contribution is 5.38. The Morgan fingerprint density at radius 2 is 2.16 bits per heavy atom. The summed E-state index contributed by atoms with van der Waals surface area (Å²) in [6.07, 6.45) is 2.63. The highest BCUT2D eigenvalue weighted by Gasteiger charge is 1.99. The van der Waals surface area contributed by atoms with Gasteiger partial charge < -0.3 is 10.1 Å². The molecular formula is C16H20N2O. The van der Waals surface area contributed by atoms with Gasteiger partial charge >= 0.3 is 0 Å². The van der Waals surface area contributed by atoms with Gasteiger partial charge in [-0.05, 0) is 18.9 Å². The van der Waals surface area contributed by atoms with E-state index in [1.807, 2.05) is 37.3 Å². The molecule has 0 aliphatic rings. The van der Waals surface area contributed by atoms with E-state index in [0.29, 0.717) is 24.5 Å². The topological polar surface area (TPSA) is 45.0 Å². The predicted octanol–water partition coefficient (Wildman–Crippen LogP) is 3.17. The summed E-state index contributed by atoms with van der Waals surface area (Å²) >= 11 is 0. The highest BCUT2D eigenvalue weighted by Crippen LogP contribution is 2.03. The van der Waals surface area contributed by atoms with Gasteiger partial charge in [-0.2, -0.15) is 5.26 Å². The van der Waals surface area contributed by atoms with Crippen molar-refractivity contribution in [3.05, 3.63) is 59.8 Å². The van der Waals surface area contributed by atoms with Crippen molar-refractivity contribution in [2.45, 2.75) is 20.0 Å². The minimum atomic E-state index is 0.588. The van der Waals surface area contributed by atoms with Crippen LogP contribution in [0.2, 0.25) is 0 Å². The Kier molecular flexibility index (Phi) is 7.08. The Labute approximate surface area is 115 Å². The summed E-state index contributed by atoms with van der Waals surface area (Å²) < 4.78 is 5.57. The molecular weight excluding hydrogens is 236 g/mol. The molecule has 1 aromatic carbocycles. The molecule has 1 aromatic rings. The van der Waals surface area contributed by atoms with E-state index in [2.05, 4.69) is 18.0 Å². The van der Waals surface area contributed by atoms with Crippen molar-refractivity contribution in [1.29, 1.82) is 5.26 Å². The standard InChI is InChI=1S/C16H20N2O/c1-3-16(12-17)14(2)18-10-7-11-19-13-15-8-5-4-6-9-15/h3-6,8-9,18H,2,7,10-11,13H2,1H3/b16-3-. The maximum Gasteiger partial charge on any atom is 0.101 e. The van der Waals surface area contributed by atoms with Crippen LogP contribution in [0.1, 0.15) is 18.9 Å². The number of nitrogens with zero attached hydrogens (tertiary/aromatic N) is 1. The molecule has 0 spiro atoms. The van der Waals surface area contributed by atoms with Gasteiger partial charge in [0.1, 0.15) is 6.07 Å². The van der Waals surface area contributed by atoms with Gasteiger partial charge in [-0.25, -0.2) is 0 Å². The Balaban J connectivity index is 2.09. The number of nitrogens with one attached hydrogen (secondary N) is 1. The number of nitriles is 1. The fourth-order valence-corrected chi connectivity index (χ4v) is 1.58. The van der Waals surface area contributed by atoms with Crippen molar-refractivity contribution >= 4 is 0 Å². The van der Waals surface area contributed by atoms with Crippen LogP contribution in [-0.4, -0.2) is 13.2 Å². The first-order valence-corrected chi connectivity index (χ1v) is 6.39. The van der Waals surface area contributed by atoms with Crippen LogP contribution >= 0.6 is 0 Å². The molecule has 0 aliphatic carbocycles. The van der Waals surface area contributed by atoms with E-state index in [0.717, 1.165) is 13.0 Å². The minimum absolute atomic E-state index is 0.588. The number of ether oxygens (including phenoxy) is 1. The molecule has 0 aliphatic heterocycles. The fraction of sp³-hybridized carbons (Fsp3) is 0.312. The van der Waals surface area contributed by atoms with Gasteiger partial charge in [0.2, 0.25) is 0 Å². The second kappa shape index (κ2) is 8.96. The molecule has 0 unspecified atom stereocenters. The van der Waals surface area contributed by atoms with E-state index in [1.54, 1.807) is 6.08 Å². The molecule has 3 nitrogen and oxygen atoms in total. The summed E-state index contributed by atoms with van der Waals surface area (Å²) in [4.78, 5) is 0. The molecule has 3 heteroatoms. The summed E-state index contributed by atoms with van der Waals surface area (Å²) in [5, 5.41) is 11.9. The van der Waals surface area contributed by atoms with Crippen LogP contribution < -0.4 is 5.32 Å². The molecule has 1 N–H and O–H groups in total. The zero-order valence-electron chi connectivity index (χ0n) is 11.4. The van der Waals surface area contributed by atoms with Crippen molar-refractivity contribution in [1.82, 2.24) is 5.32 Å². The molecule has 0 saturated heterocycles. The van der Waals surface area contributed by atoms with Crippen LogP contribution in [0.25, 0.3) is 0 Å². The van der Waals surface area contributed by atoms with Crippen LogP contribution in [0, 0.1) is 11.3 Å². The third-order valence-electron chi connectivity index (χ3n) is 2.65. The molecule has 0 saturated carbocycles. The van der Waals surface area contributed by atoms with Crippen molar-refractivity contribution < 1.29 is 4.74 Å². The first kappa shape index (κ1) is 15.0. The van der Waals surface area contributed by atoms with Crippen molar-refractivity contribution in [3.63, 3.8) is 0 Å². The summed E-state index contributed by atoms with van der Waals surface area (Å²) in [5.41, 5.74) is 2.44. The second-order valence-electron chi connectivity index (χ2n) is 4.11. The van der Waals surface area contributed by atoms with Gasteiger partial charge in [0.05, 0.1) is 12.2 Å². The van der Waals surface area contributed by atoms with E-state index < -0.39 is 0 Å². The average Bonchev–Trinajstić information content (AvgIpc) is 2.45. The third kappa shape index (κ3) is 5.89. The monoisotopic (exact) mass is 256 g/mol. The Morgan fingerprint density at radius 3 is 2.79 bits per heavy atom. The average molecular weight is 256 g/mol. The molecule has 0 aromatic heterocycles. The second-order valence-corrected chi connectivity index (χ2v) is 4.11. The number of benzene rings is 1. The zero-order chi connectivity index (χ0) is 13.9. The lowest BCUT2D eigenvalue weighted by Crippen LogP contribution is -2.16.